The Morgan fingerprint density at radius 1 is 0.739 bits per heavy atom. The van der Waals surface area contributed by atoms with Gasteiger partial charge >= 0.3 is 141 Å². The molecule has 0 aliphatic heterocycles. The zero-order chi connectivity index (χ0) is 16.1. The Morgan fingerprint density at radius 3 is 1.74 bits per heavy atom. The third-order valence-corrected chi connectivity index (χ3v) is 12.3. The van der Waals surface area contributed by atoms with E-state index in [-0.39, 0.29) is 0 Å². The molecule has 0 saturated heterocycles. The van der Waals surface area contributed by atoms with Gasteiger partial charge in [0.1, 0.15) is 0 Å². The van der Waals surface area contributed by atoms with Gasteiger partial charge in [-0.25, -0.2) is 0 Å². The summed E-state index contributed by atoms with van der Waals surface area (Å²) >= 11 is -2.35. The summed E-state index contributed by atoms with van der Waals surface area (Å²) in [6.45, 7) is 7.45. The van der Waals surface area contributed by atoms with Crippen LogP contribution in [0.2, 0.25) is 5.71 Å². The molecule has 0 fully saturated rings. The predicted octanol–water partition coefficient (Wildman–Crippen LogP) is 4.21. The molecule has 23 heavy (non-hydrogen) atoms. The van der Waals surface area contributed by atoms with Crippen molar-refractivity contribution >= 4 is 27.9 Å². The van der Waals surface area contributed by atoms with Crippen molar-refractivity contribution < 1.29 is 0 Å². The molecule has 2 heteroatoms. The van der Waals surface area contributed by atoms with Crippen LogP contribution in [0.5, 0.6) is 0 Å². The molecule has 0 N–H and O–H groups in total. The van der Waals surface area contributed by atoms with Crippen molar-refractivity contribution in [3.05, 3.63) is 102 Å². The summed E-state index contributed by atoms with van der Waals surface area (Å²) in [5, 5.41) is 0.977. The van der Waals surface area contributed by atoms with Crippen LogP contribution in [0.4, 0.5) is 5.69 Å². The first-order valence-electron chi connectivity index (χ1n) is 7.66. The molecule has 0 spiro atoms. The Hall–Kier alpha value is -2.29. The van der Waals surface area contributed by atoms with Crippen molar-refractivity contribution in [1.29, 1.82) is 0 Å². The molecule has 0 aromatic heterocycles. The van der Waals surface area contributed by atoms with E-state index in [0.717, 1.165) is 10.9 Å². The normalized spacial score (nSPS) is 11.0. The molecule has 0 aliphatic rings. The SMILES string of the molecule is [C-]#[N+]c1ccccc1C[As+](C)(c1ccccc1)c1ccccc1. The van der Waals surface area contributed by atoms with E-state index in [1.165, 1.54) is 14.3 Å². The van der Waals surface area contributed by atoms with Crippen LogP contribution in [-0.2, 0) is 5.21 Å². The minimum absolute atomic E-state index is 0.784. The molecular formula is C21H19AsN+. The minimum atomic E-state index is -2.35. The standard InChI is InChI=1S/C21H19AsN/c1-22(19-12-5-3-6-13-19,20-14-7-4-8-15-20)17-18-11-9-10-16-21(18)23-2/h3-16H,17H2,1H3/q+1. The second-order valence-corrected chi connectivity index (χ2v) is 13.6. The van der Waals surface area contributed by atoms with Gasteiger partial charge in [-0.05, 0) is 0 Å². The number of benzene rings is 3. The molecule has 3 aromatic rings. The summed E-state index contributed by atoms with van der Waals surface area (Å²) in [5.74, 6) is 0. The van der Waals surface area contributed by atoms with Crippen LogP contribution in [0, 0.1) is 6.57 Å². The molecule has 0 radical (unpaired) electrons. The summed E-state index contributed by atoms with van der Waals surface area (Å²) in [6.07, 6.45) is 0. The third-order valence-electron chi connectivity index (χ3n) is 4.25. The fourth-order valence-corrected chi connectivity index (χ4v) is 9.81. The first-order valence-corrected chi connectivity index (χ1v) is 12.7. The van der Waals surface area contributed by atoms with Crippen molar-refractivity contribution in [2.75, 3.05) is 0 Å². The van der Waals surface area contributed by atoms with Gasteiger partial charge < -0.3 is 0 Å². The molecule has 0 aliphatic carbocycles. The fourth-order valence-electron chi connectivity index (χ4n) is 2.94. The second kappa shape index (κ2) is 6.86. The van der Waals surface area contributed by atoms with Crippen molar-refractivity contribution in [3.63, 3.8) is 0 Å². The zero-order valence-electron chi connectivity index (χ0n) is 13.2. The van der Waals surface area contributed by atoms with E-state index in [9.17, 15) is 0 Å². The van der Waals surface area contributed by atoms with Crippen molar-refractivity contribution in [3.8, 4) is 0 Å². The van der Waals surface area contributed by atoms with Gasteiger partial charge in [-0.1, -0.05) is 0 Å². The summed E-state index contributed by atoms with van der Waals surface area (Å²) in [5.41, 5.74) is 4.39. The quantitative estimate of drug-likeness (QED) is 0.485. The molecule has 1 nitrogen and oxygen atoms in total. The summed E-state index contributed by atoms with van der Waals surface area (Å²) in [7, 11) is 0. The van der Waals surface area contributed by atoms with Gasteiger partial charge in [-0.3, -0.25) is 0 Å². The summed E-state index contributed by atoms with van der Waals surface area (Å²) < 4.78 is 2.88. The number of para-hydroxylation sites is 1. The number of hydrogen-bond acceptors (Lipinski definition) is 0. The number of hydrogen-bond donors (Lipinski definition) is 0. The van der Waals surface area contributed by atoms with Gasteiger partial charge in [0.25, 0.3) is 0 Å². The summed E-state index contributed by atoms with van der Waals surface area (Å²) in [6, 6.07) is 29.7. The van der Waals surface area contributed by atoms with Crippen LogP contribution >= 0.6 is 0 Å². The number of nitrogens with zero attached hydrogens (tertiary/aromatic N) is 1. The molecule has 0 atom stereocenters. The van der Waals surface area contributed by atoms with Crippen molar-refractivity contribution in [1.82, 2.24) is 0 Å². The van der Waals surface area contributed by atoms with Gasteiger partial charge in [0, 0.05) is 0 Å². The van der Waals surface area contributed by atoms with E-state index in [1.54, 1.807) is 0 Å². The van der Waals surface area contributed by atoms with Gasteiger partial charge in [0.2, 0.25) is 0 Å². The molecule has 0 heterocycles. The Balaban J connectivity index is 2.12. The fraction of sp³-hybridized carbons (Fsp3) is 0.0952. The first kappa shape index (κ1) is 15.6. The zero-order valence-corrected chi connectivity index (χ0v) is 15.1. The molecule has 3 aromatic carbocycles. The molecule has 0 amide bonds. The van der Waals surface area contributed by atoms with Crippen LogP contribution < -0.4 is 8.70 Å². The van der Waals surface area contributed by atoms with Crippen LogP contribution in [-0.4, -0.2) is 13.6 Å². The average molecular weight is 360 g/mol. The van der Waals surface area contributed by atoms with Gasteiger partial charge in [0.05, 0.1) is 0 Å². The Bertz CT molecular complexity index is 780. The van der Waals surface area contributed by atoms with Gasteiger partial charge in [0.15, 0.2) is 0 Å². The molecular weight excluding hydrogens is 341 g/mol. The monoisotopic (exact) mass is 360 g/mol. The maximum atomic E-state index is 7.45. The van der Waals surface area contributed by atoms with Crippen LogP contribution in [0.25, 0.3) is 4.85 Å². The predicted molar refractivity (Wildman–Crippen MR) is 100 cm³/mol. The van der Waals surface area contributed by atoms with Gasteiger partial charge in [-0.2, -0.15) is 0 Å². The molecule has 0 saturated carbocycles. The molecule has 0 unspecified atom stereocenters. The van der Waals surface area contributed by atoms with Gasteiger partial charge in [-0.15, -0.1) is 0 Å². The Labute approximate surface area is 140 Å². The van der Waals surface area contributed by atoms with E-state index >= 15 is 0 Å². The molecule has 0 bridgehead atoms. The van der Waals surface area contributed by atoms with E-state index in [2.05, 4.69) is 77.3 Å². The number of rotatable bonds is 4. The second-order valence-electron chi connectivity index (χ2n) is 5.76. The first-order chi connectivity index (χ1) is 11.2. The van der Waals surface area contributed by atoms with Crippen molar-refractivity contribution in [2.24, 2.45) is 0 Å². The van der Waals surface area contributed by atoms with Crippen LogP contribution in [0.3, 0.4) is 0 Å². The molecule has 3 rings (SSSR count). The third kappa shape index (κ3) is 3.24. The Kier molecular flexibility index (Phi) is 4.65. The maximum absolute atomic E-state index is 7.45. The van der Waals surface area contributed by atoms with Crippen LogP contribution in [0.1, 0.15) is 5.56 Å². The average Bonchev–Trinajstić information content (AvgIpc) is 2.63. The summed E-state index contributed by atoms with van der Waals surface area (Å²) in [4.78, 5) is 3.72. The topological polar surface area (TPSA) is 4.36 Å². The van der Waals surface area contributed by atoms with E-state index in [1.807, 2.05) is 18.2 Å². The van der Waals surface area contributed by atoms with Crippen molar-refractivity contribution in [2.45, 2.75) is 10.9 Å². The Morgan fingerprint density at radius 2 is 1.22 bits per heavy atom. The van der Waals surface area contributed by atoms with E-state index in [0.29, 0.717) is 0 Å². The molecule has 112 valence electrons. The van der Waals surface area contributed by atoms with E-state index in [4.69, 9.17) is 6.57 Å². The van der Waals surface area contributed by atoms with E-state index < -0.39 is 13.6 Å². The van der Waals surface area contributed by atoms with Crippen LogP contribution in [0.15, 0.2) is 84.9 Å².